The van der Waals surface area contributed by atoms with E-state index in [-0.39, 0.29) is 51.9 Å². The maximum absolute atomic E-state index is 14.2. The molecule has 0 saturated carbocycles. The summed E-state index contributed by atoms with van der Waals surface area (Å²) in [6.07, 6.45) is -0.580. The van der Waals surface area contributed by atoms with Gasteiger partial charge in [0.25, 0.3) is 12.0 Å². The minimum atomic E-state index is -2.84. The lowest BCUT2D eigenvalue weighted by molar-refractivity contribution is 0.121. The first kappa shape index (κ1) is 22.2. The molecule has 4 aromatic heterocycles. The van der Waals surface area contributed by atoms with Crippen LogP contribution >= 0.6 is 0 Å². The Balaban J connectivity index is 1.64. The number of pyridine rings is 2. The zero-order chi connectivity index (χ0) is 30.6. The Bertz CT molecular complexity index is 1990. The van der Waals surface area contributed by atoms with Gasteiger partial charge in [-0.1, -0.05) is 12.1 Å². The van der Waals surface area contributed by atoms with Crippen molar-refractivity contribution in [1.82, 2.24) is 23.5 Å². The first-order valence-electron chi connectivity index (χ1n) is 13.7. The largest absolute Gasteiger partial charge is 0.480 e. The quantitative estimate of drug-likeness (QED) is 0.317. The molecule has 13 heteroatoms. The van der Waals surface area contributed by atoms with Gasteiger partial charge in [0, 0.05) is 44.0 Å². The molecular formula is C27H23F3N6O4. The maximum atomic E-state index is 14.2. The van der Waals surface area contributed by atoms with E-state index in [1.165, 1.54) is 48.2 Å². The van der Waals surface area contributed by atoms with Crippen LogP contribution in [0.25, 0.3) is 28.1 Å². The summed E-state index contributed by atoms with van der Waals surface area (Å²) in [5.74, 6) is -0.517. The number of benzene rings is 1. The number of rotatable bonds is 6. The second-order valence-electron chi connectivity index (χ2n) is 9.20. The third-order valence-electron chi connectivity index (χ3n) is 6.89. The summed E-state index contributed by atoms with van der Waals surface area (Å²) in [6.45, 7) is 0.504. The average molecular weight is 556 g/mol. The van der Waals surface area contributed by atoms with Crippen molar-refractivity contribution in [2.24, 2.45) is 0 Å². The zero-order valence-corrected chi connectivity index (χ0v) is 20.9. The highest BCUT2D eigenvalue weighted by atomic mass is 19.3. The molecule has 1 fully saturated rings. The van der Waals surface area contributed by atoms with Crippen LogP contribution in [0.3, 0.4) is 0 Å². The van der Waals surface area contributed by atoms with Crippen LogP contribution in [0.2, 0.25) is 0 Å². The van der Waals surface area contributed by atoms with Crippen molar-refractivity contribution in [3.63, 3.8) is 0 Å². The third kappa shape index (κ3) is 4.09. The molecule has 5 aromatic rings. The lowest BCUT2D eigenvalue weighted by Crippen LogP contribution is -2.39. The number of ether oxygens (including phenoxy) is 2. The standard InChI is InChI=1S/C27H23F3N6O4/c1-39-18-7-8-33(14-18)21-12-19-23(25(32-21)40-2)26(37)36(22-13-31-20-11-16(28)6-9-34(20)22)27(38)35(19)17-5-3-4-15(10-17)24(29)30/h3-6,9-13,18,24H,7-8,14H2,1-2H3/t18-/m1/s1/i1D3. The normalized spacial score (nSPS) is 17.0. The Hall–Kier alpha value is -4.65. The fourth-order valence-electron chi connectivity index (χ4n) is 4.98. The molecule has 0 bridgehead atoms. The summed E-state index contributed by atoms with van der Waals surface area (Å²) in [4.78, 5) is 38.5. The van der Waals surface area contributed by atoms with Gasteiger partial charge in [-0.05, 0) is 24.6 Å². The fraction of sp³-hybridized carbons (Fsp3) is 0.259. The SMILES string of the molecule is [2H]C([2H])([2H])O[C@@H]1CCN(c2cc3c(c(OC)n2)c(=O)n(-c2cnc4cc(F)ccn24)c(=O)n3-c2cccc(C(F)F)c2)C1. The molecule has 10 nitrogen and oxygen atoms in total. The number of hydrogen-bond acceptors (Lipinski definition) is 7. The predicted octanol–water partition coefficient (Wildman–Crippen LogP) is 3.49. The second-order valence-corrected chi connectivity index (χ2v) is 9.20. The molecule has 5 heterocycles. The van der Waals surface area contributed by atoms with Crippen molar-refractivity contribution in [2.45, 2.75) is 19.0 Å². The highest BCUT2D eigenvalue weighted by Gasteiger charge is 2.27. The van der Waals surface area contributed by atoms with Crippen molar-refractivity contribution in [3.05, 3.63) is 87.1 Å². The zero-order valence-electron chi connectivity index (χ0n) is 23.9. The number of nitrogens with zero attached hydrogens (tertiary/aromatic N) is 6. The van der Waals surface area contributed by atoms with E-state index in [1.807, 2.05) is 0 Å². The van der Waals surface area contributed by atoms with Gasteiger partial charge in [-0.25, -0.2) is 27.5 Å². The van der Waals surface area contributed by atoms with Crippen molar-refractivity contribution in [2.75, 3.05) is 32.1 Å². The molecule has 1 aliphatic rings. The van der Waals surface area contributed by atoms with Crippen molar-refractivity contribution in [3.8, 4) is 17.4 Å². The van der Waals surface area contributed by atoms with E-state index in [0.717, 1.165) is 27.3 Å². The van der Waals surface area contributed by atoms with Crippen molar-refractivity contribution >= 4 is 22.4 Å². The molecule has 0 amide bonds. The molecule has 6 rings (SSSR count). The van der Waals surface area contributed by atoms with E-state index < -0.39 is 36.6 Å². The highest BCUT2D eigenvalue weighted by molar-refractivity contribution is 5.87. The van der Waals surface area contributed by atoms with Gasteiger partial charge in [0.05, 0.1) is 34.7 Å². The average Bonchev–Trinajstić information content (AvgIpc) is 3.58. The number of anilines is 1. The first-order valence-corrected chi connectivity index (χ1v) is 12.2. The van der Waals surface area contributed by atoms with Crippen LogP contribution in [-0.2, 0) is 4.74 Å². The summed E-state index contributed by atoms with van der Waals surface area (Å²) >= 11 is 0. The van der Waals surface area contributed by atoms with Crippen LogP contribution in [-0.4, -0.2) is 56.8 Å². The van der Waals surface area contributed by atoms with Crippen molar-refractivity contribution < 1.29 is 26.8 Å². The molecule has 1 atom stereocenters. The monoisotopic (exact) mass is 555 g/mol. The fourth-order valence-corrected chi connectivity index (χ4v) is 4.98. The Kier molecular flexibility index (Phi) is 5.45. The van der Waals surface area contributed by atoms with Crippen LogP contribution in [0.4, 0.5) is 19.0 Å². The van der Waals surface area contributed by atoms with Gasteiger partial charge >= 0.3 is 5.69 Å². The van der Waals surface area contributed by atoms with E-state index in [4.69, 9.17) is 13.6 Å². The van der Waals surface area contributed by atoms with E-state index in [0.29, 0.717) is 13.0 Å². The van der Waals surface area contributed by atoms with Crippen LogP contribution in [0, 0.1) is 5.82 Å². The molecule has 0 spiro atoms. The molecule has 1 aromatic carbocycles. The topological polar surface area (TPSA) is 95.9 Å². The molecule has 206 valence electrons. The Labute approximate surface area is 228 Å². The summed E-state index contributed by atoms with van der Waals surface area (Å²) in [6, 6.07) is 8.83. The Morgan fingerprint density at radius 3 is 2.77 bits per heavy atom. The number of aromatic nitrogens is 5. The molecule has 1 aliphatic heterocycles. The van der Waals surface area contributed by atoms with Gasteiger partial charge in [-0.3, -0.25) is 13.8 Å². The smallest absolute Gasteiger partial charge is 0.342 e. The molecule has 40 heavy (non-hydrogen) atoms. The Morgan fingerprint density at radius 2 is 2.00 bits per heavy atom. The molecule has 0 aliphatic carbocycles. The van der Waals surface area contributed by atoms with Gasteiger partial charge in [0.1, 0.15) is 28.5 Å². The van der Waals surface area contributed by atoms with E-state index in [1.54, 1.807) is 4.90 Å². The predicted molar refractivity (Wildman–Crippen MR) is 141 cm³/mol. The summed E-state index contributed by atoms with van der Waals surface area (Å²) in [5.41, 5.74) is -1.94. The maximum Gasteiger partial charge on any atom is 0.342 e. The molecule has 1 saturated heterocycles. The minimum Gasteiger partial charge on any atom is -0.480 e. The van der Waals surface area contributed by atoms with Gasteiger partial charge in [0.2, 0.25) is 5.88 Å². The van der Waals surface area contributed by atoms with E-state index in [9.17, 15) is 22.8 Å². The minimum absolute atomic E-state index is 0.0135. The van der Waals surface area contributed by atoms with Gasteiger partial charge < -0.3 is 14.4 Å². The highest BCUT2D eigenvalue weighted by Crippen LogP contribution is 2.30. The summed E-state index contributed by atoms with van der Waals surface area (Å²) in [5, 5.41) is -0.139. The van der Waals surface area contributed by atoms with E-state index in [2.05, 4.69) is 9.97 Å². The van der Waals surface area contributed by atoms with E-state index >= 15 is 0 Å². The Morgan fingerprint density at radius 1 is 1.15 bits per heavy atom. The second kappa shape index (κ2) is 9.83. The third-order valence-corrected chi connectivity index (χ3v) is 6.89. The van der Waals surface area contributed by atoms with Crippen molar-refractivity contribution in [1.29, 1.82) is 0 Å². The van der Waals surface area contributed by atoms with Gasteiger partial charge in [0.15, 0.2) is 0 Å². The number of methoxy groups -OCH3 is 2. The number of halogens is 3. The van der Waals surface area contributed by atoms with Crippen LogP contribution in [0.5, 0.6) is 5.88 Å². The number of alkyl halides is 2. The summed E-state index contributed by atoms with van der Waals surface area (Å²) < 4.78 is 77.4. The molecular weight excluding hydrogens is 529 g/mol. The number of hydrogen-bond donors (Lipinski definition) is 0. The molecule has 0 N–H and O–H groups in total. The lowest BCUT2D eigenvalue weighted by Gasteiger charge is -2.21. The number of fused-ring (bicyclic) bond motifs is 2. The van der Waals surface area contributed by atoms with Crippen LogP contribution in [0.15, 0.2) is 64.4 Å². The summed E-state index contributed by atoms with van der Waals surface area (Å²) in [7, 11) is -1.32. The van der Waals surface area contributed by atoms with Gasteiger partial charge in [-0.2, -0.15) is 4.98 Å². The number of imidazole rings is 1. The lowest BCUT2D eigenvalue weighted by atomic mass is 10.2. The molecule has 0 unspecified atom stereocenters. The van der Waals surface area contributed by atoms with Crippen LogP contribution < -0.4 is 20.9 Å². The van der Waals surface area contributed by atoms with Gasteiger partial charge in [-0.15, -0.1) is 0 Å². The molecule has 0 radical (unpaired) electrons. The first-order chi connectivity index (χ1) is 20.4. The van der Waals surface area contributed by atoms with Crippen LogP contribution in [0.1, 0.15) is 22.5 Å².